The highest BCUT2D eigenvalue weighted by Gasteiger charge is 2.35. The Bertz CT molecular complexity index is 877. The van der Waals surface area contributed by atoms with Gasteiger partial charge in [-0.25, -0.2) is 13.9 Å². The molecule has 10 heteroatoms. The van der Waals surface area contributed by atoms with Gasteiger partial charge in [-0.2, -0.15) is 4.31 Å². The summed E-state index contributed by atoms with van der Waals surface area (Å²) in [6, 6.07) is 5.61. The first-order valence-corrected chi connectivity index (χ1v) is 9.46. The van der Waals surface area contributed by atoms with Gasteiger partial charge < -0.3 is 5.11 Å². The molecular formula is C16H18ClN3O5S. The van der Waals surface area contributed by atoms with Gasteiger partial charge in [0.05, 0.1) is 9.92 Å². The van der Waals surface area contributed by atoms with Crippen LogP contribution in [0.4, 0.5) is 0 Å². The van der Waals surface area contributed by atoms with E-state index in [0.717, 1.165) is 16.4 Å². The summed E-state index contributed by atoms with van der Waals surface area (Å²) in [7, 11) is -4.17. The van der Waals surface area contributed by atoms with E-state index in [1.807, 2.05) is 0 Å². The number of sulfonamides is 1. The maximum atomic E-state index is 13.1. The zero-order valence-corrected chi connectivity index (χ0v) is 15.4. The number of nitrogens with zero attached hydrogens (tertiary/aromatic N) is 2. The van der Waals surface area contributed by atoms with Gasteiger partial charge in [0.1, 0.15) is 11.8 Å². The first kappa shape index (κ1) is 20.1. The van der Waals surface area contributed by atoms with Crippen molar-refractivity contribution in [3.8, 4) is 5.75 Å². The summed E-state index contributed by atoms with van der Waals surface area (Å²) in [5.74, 6) is -1.12. The van der Waals surface area contributed by atoms with Crippen molar-refractivity contribution in [3.05, 3.63) is 53.3 Å². The average molecular weight is 400 g/mol. The van der Waals surface area contributed by atoms with Crippen molar-refractivity contribution < 1.29 is 23.5 Å². The highest BCUT2D eigenvalue weighted by Crippen LogP contribution is 2.29. The van der Waals surface area contributed by atoms with Gasteiger partial charge in [-0.3, -0.25) is 15.0 Å². The van der Waals surface area contributed by atoms with Crippen molar-refractivity contribution in [2.24, 2.45) is 0 Å². The van der Waals surface area contributed by atoms with E-state index in [9.17, 15) is 18.3 Å². The molecule has 0 fully saturated rings. The predicted octanol–water partition coefficient (Wildman–Crippen LogP) is 1.92. The molecule has 0 aliphatic heterocycles. The molecule has 140 valence electrons. The van der Waals surface area contributed by atoms with E-state index in [-0.39, 0.29) is 28.6 Å². The molecule has 1 amide bonds. The zero-order chi connectivity index (χ0) is 19.3. The third-order valence-corrected chi connectivity index (χ3v) is 5.89. The van der Waals surface area contributed by atoms with Crippen LogP contribution in [0.25, 0.3) is 0 Å². The van der Waals surface area contributed by atoms with Crippen molar-refractivity contribution in [1.29, 1.82) is 0 Å². The summed E-state index contributed by atoms with van der Waals surface area (Å²) < 4.78 is 27.2. The van der Waals surface area contributed by atoms with Gasteiger partial charge in [0, 0.05) is 18.9 Å². The Labute approximate surface area is 156 Å². The number of carbonyl (C=O) groups excluding carboxylic acids is 1. The maximum Gasteiger partial charge on any atom is 0.261 e. The molecule has 0 aliphatic rings. The highest BCUT2D eigenvalue weighted by molar-refractivity contribution is 7.89. The van der Waals surface area contributed by atoms with Gasteiger partial charge >= 0.3 is 0 Å². The summed E-state index contributed by atoms with van der Waals surface area (Å²) in [5, 5.41) is 18.4. The third-order valence-electron chi connectivity index (χ3n) is 3.73. The molecule has 1 aromatic carbocycles. The number of nitrogens with one attached hydrogen (secondary N) is 1. The molecule has 2 aromatic rings. The number of phenolic OH excluding ortho intramolecular Hbond substituents is 1. The molecule has 1 aromatic heterocycles. The van der Waals surface area contributed by atoms with E-state index < -0.39 is 22.0 Å². The number of aromatic nitrogens is 1. The fraction of sp³-hybridized carbons (Fsp3) is 0.250. The molecule has 0 radical (unpaired) electrons. The van der Waals surface area contributed by atoms with Crippen molar-refractivity contribution in [3.63, 3.8) is 0 Å². The number of halogens is 1. The summed E-state index contributed by atoms with van der Waals surface area (Å²) >= 11 is 5.83. The molecule has 0 aliphatic carbocycles. The normalized spacial score (nSPS) is 12.8. The van der Waals surface area contributed by atoms with E-state index in [0.29, 0.717) is 5.56 Å². The van der Waals surface area contributed by atoms with Crippen molar-refractivity contribution in [1.82, 2.24) is 14.8 Å². The van der Waals surface area contributed by atoms with E-state index in [4.69, 9.17) is 16.8 Å². The second kappa shape index (κ2) is 8.45. The van der Waals surface area contributed by atoms with E-state index in [2.05, 4.69) is 4.98 Å². The molecular weight excluding hydrogens is 382 g/mol. The van der Waals surface area contributed by atoms with Crippen LogP contribution in [0, 0.1) is 0 Å². The third kappa shape index (κ3) is 4.31. The van der Waals surface area contributed by atoms with E-state index >= 15 is 0 Å². The number of aromatic hydroxyl groups is 1. The van der Waals surface area contributed by atoms with Gasteiger partial charge in [0.2, 0.25) is 10.0 Å². The number of carbonyl (C=O) groups is 1. The zero-order valence-electron chi connectivity index (χ0n) is 13.8. The van der Waals surface area contributed by atoms with Crippen molar-refractivity contribution >= 4 is 27.5 Å². The molecule has 0 saturated heterocycles. The van der Waals surface area contributed by atoms with Crippen LogP contribution in [-0.2, 0) is 21.4 Å². The highest BCUT2D eigenvalue weighted by atomic mass is 35.5. The fourth-order valence-corrected chi connectivity index (χ4v) is 4.33. The lowest BCUT2D eigenvalue weighted by atomic mass is 10.2. The van der Waals surface area contributed by atoms with Crippen LogP contribution in [0.1, 0.15) is 18.9 Å². The van der Waals surface area contributed by atoms with Crippen molar-refractivity contribution in [2.75, 3.05) is 0 Å². The standard InChI is InChI=1S/C16H18ClN3O5S/c1-2-14(16(22)19-23)20(10-11-4-3-7-18-9-11)26(24,25)12-5-6-15(21)13(17)8-12/h3-9,14,21,23H,2,10H2,1H3,(H,19,22)/t14-/m1/s1. The van der Waals surface area contributed by atoms with Gasteiger partial charge in [0.15, 0.2) is 0 Å². The van der Waals surface area contributed by atoms with Gasteiger partial charge in [0.25, 0.3) is 5.91 Å². The minimum atomic E-state index is -4.17. The number of benzene rings is 1. The molecule has 3 N–H and O–H groups in total. The Morgan fingerprint density at radius 2 is 2.12 bits per heavy atom. The topological polar surface area (TPSA) is 120 Å². The first-order valence-electron chi connectivity index (χ1n) is 7.64. The summed E-state index contributed by atoms with van der Waals surface area (Å²) in [6.07, 6.45) is 3.15. The Hall–Kier alpha value is -2.20. The number of hydrogen-bond acceptors (Lipinski definition) is 6. The summed E-state index contributed by atoms with van der Waals surface area (Å²) in [6.45, 7) is 1.48. The minimum Gasteiger partial charge on any atom is -0.506 e. The van der Waals surface area contributed by atoms with E-state index in [1.54, 1.807) is 25.3 Å². The van der Waals surface area contributed by atoms with Crippen LogP contribution in [0.2, 0.25) is 5.02 Å². The second-order valence-electron chi connectivity index (χ2n) is 5.42. The molecule has 26 heavy (non-hydrogen) atoms. The monoisotopic (exact) mass is 399 g/mol. The smallest absolute Gasteiger partial charge is 0.261 e. The summed E-state index contributed by atoms with van der Waals surface area (Å²) in [4.78, 5) is 15.8. The van der Waals surface area contributed by atoms with Crippen LogP contribution in [0.3, 0.4) is 0 Å². The lowest BCUT2D eigenvalue weighted by Crippen LogP contribution is -2.48. The molecule has 1 atom stereocenters. The number of phenols is 1. The molecule has 0 bridgehead atoms. The Balaban J connectivity index is 2.53. The Kier molecular flexibility index (Phi) is 6.54. The van der Waals surface area contributed by atoms with E-state index in [1.165, 1.54) is 17.7 Å². The quantitative estimate of drug-likeness (QED) is 0.483. The largest absolute Gasteiger partial charge is 0.506 e. The van der Waals surface area contributed by atoms with Crippen LogP contribution < -0.4 is 5.48 Å². The molecule has 0 saturated carbocycles. The van der Waals surface area contributed by atoms with Gasteiger partial charge in [-0.1, -0.05) is 24.6 Å². The molecule has 8 nitrogen and oxygen atoms in total. The fourth-order valence-electron chi connectivity index (χ4n) is 2.41. The lowest BCUT2D eigenvalue weighted by Gasteiger charge is -2.28. The Morgan fingerprint density at radius 1 is 1.38 bits per heavy atom. The number of rotatable bonds is 7. The van der Waals surface area contributed by atoms with Crippen molar-refractivity contribution in [2.45, 2.75) is 30.8 Å². The van der Waals surface area contributed by atoms with Crippen LogP contribution in [-0.4, -0.2) is 40.0 Å². The number of amides is 1. The summed E-state index contributed by atoms with van der Waals surface area (Å²) in [5.41, 5.74) is 2.06. The van der Waals surface area contributed by atoms with Crippen LogP contribution in [0.15, 0.2) is 47.6 Å². The van der Waals surface area contributed by atoms with Gasteiger partial charge in [-0.05, 0) is 36.2 Å². The first-order chi connectivity index (χ1) is 12.3. The second-order valence-corrected chi connectivity index (χ2v) is 7.72. The lowest BCUT2D eigenvalue weighted by molar-refractivity contribution is -0.133. The predicted molar refractivity (Wildman–Crippen MR) is 94.1 cm³/mol. The number of hydrogen-bond donors (Lipinski definition) is 3. The maximum absolute atomic E-state index is 13.1. The molecule has 0 unspecified atom stereocenters. The van der Waals surface area contributed by atoms with Gasteiger partial charge in [-0.15, -0.1) is 0 Å². The average Bonchev–Trinajstić information content (AvgIpc) is 2.64. The molecule has 2 rings (SSSR count). The van der Waals surface area contributed by atoms with Crippen LogP contribution in [0.5, 0.6) is 5.75 Å². The molecule has 0 spiro atoms. The Morgan fingerprint density at radius 3 is 2.65 bits per heavy atom. The molecule has 1 heterocycles. The SMILES string of the molecule is CC[C@H](C(=O)NO)N(Cc1cccnc1)S(=O)(=O)c1ccc(O)c(Cl)c1. The number of pyridine rings is 1. The number of hydroxylamine groups is 1. The van der Waals surface area contributed by atoms with Crippen LogP contribution >= 0.6 is 11.6 Å². The minimum absolute atomic E-state index is 0.123.